The van der Waals surface area contributed by atoms with Crippen molar-refractivity contribution in [2.24, 2.45) is 0 Å². The molecule has 1 aliphatic heterocycles. The normalized spacial score (nSPS) is 25.1. The van der Waals surface area contributed by atoms with E-state index in [0.29, 0.717) is 0 Å². The molecule has 3 nitrogen and oxygen atoms in total. The number of rotatable bonds is 5. The first kappa shape index (κ1) is 9.71. The fourth-order valence-corrected chi connectivity index (χ4v) is 0.897. The third-order valence-electron chi connectivity index (χ3n) is 1.87. The standard InChI is InChI=1S/C9H16O3/c1-5-7(8-6-11-8)12-9(2,3)10-4/h5,7-8H,1,6H2,2-4H3/t7-,8+/m1/s1. The predicted molar refractivity (Wildman–Crippen MR) is 45.9 cm³/mol. The molecule has 0 amide bonds. The molecule has 1 aliphatic rings. The van der Waals surface area contributed by atoms with Crippen LogP contribution in [0, 0.1) is 0 Å². The van der Waals surface area contributed by atoms with E-state index in [1.807, 2.05) is 13.8 Å². The maximum atomic E-state index is 5.59. The molecule has 2 atom stereocenters. The Morgan fingerprint density at radius 2 is 2.25 bits per heavy atom. The van der Waals surface area contributed by atoms with Gasteiger partial charge in [0.05, 0.1) is 6.61 Å². The smallest absolute Gasteiger partial charge is 0.163 e. The fourth-order valence-electron chi connectivity index (χ4n) is 0.897. The highest BCUT2D eigenvalue weighted by molar-refractivity contribution is 4.93. The van der Waals surface area contributed by atoms with E-state index in [1.165, 1.54) is 0 Å². The minimum absolute atomic E-state index is 0.0556. The molecule has 0 aromatic rings. The van der Waals surface area contributed by atoms with E-state index in [-0.39, 0.29) is 12.2 Å². The van der Waals surface area contributed by atoms with Gasteiger partial charge in [0, 0.05) is 7.11 Å². The topological polar surface area (TPSA) is 31.0 Å². The Morgan fingerprint density at radius 1 is 1.67 bits per heavy atom. The lowest BCUT2D eigenvalue weighted by Crippen LogP contribution is -2.34. The number of ether oxygens (including phenoxy) is 3. The Hall–Kier alpha value is -0.380. The molecule has 1 fully saturated rings. The Morgan fingerprint density at radius 3 is 2.58 bits per heavy atom. The highest BCUT2D eigenvalue weighted by Crippen LogP contribution is 2.23. The van der Waals surface area contributed by atoms with Gasteiger partial charge in [-0.15, -0.1) is 6.58 Å². The van der Waals surface area contributed by atoms with Gasteiger partial charge in [0.25, 0.3) is 0 Å². The Labute approximate surface area is 73.3 Å². The van der Waals surface area contributed by atoms with Crippen molar-refractivity contribution in [3.63, 3.8) is 0 Å². The predicted octanol–water partition coefficient (Wildman–Crippen LogP) is 1.34. The van der Waals surface area contributed by atoms with Gasteiger partial charge in [-0.25, -0.2) is 0 Å². The minimum atomic E-state index is -0.565. The van der Waals surface area contributed by atoms with Crippen LogP contribution < -0.4 is 0 Å². The summed E-state index contributed by atoms with van der Waals surface area (Å²) in [4.78, 5) is 0. The van der Waals surface area contributed by atoms with E-state index < -0.39 is 5.79 Å². The fraction of sp³-hybridized carbons (Fsp3) is 0.778. The third kappa shape index (κ3) is 2.59. The van der Waals surface area contributed by atoms with Crippen molar-refractivity contribution >= 4 is 0 Å². The molecule has 0 aliphatic carbocycles. The average Bonchev–Trinajstić information content (AvgIpc) is 2.83. The molecule has 0 aromatic heterocycles. The second kappa shape index (κ2) is 3.56. The molecule has 0 saturated carbocycles. The summed E-state index contributed by atoms with van der Waals surface area (Å²) in [6.45, 7) is 8.17. The first-order chi connectivity index (χ1) is 5.59. The zero-order valence-corrected chi connectivity index (χ0v) is 7.87. The van der Waals surface area contributed by atoms with Gasteiger partial charge >= 0.3 is 0 Å². The van der Waals surface area contributed by atoms with Gasteiger partial charge in [0.1, 0.15) is 12.2 Å². The van der Waals surface area contributed by atoms with Crippen LogP contribution in [0.15, 0.2) is 12.7 Å². The molecule has 0 aromatic carbocycles. The molecule has 0 radical (unpaired) electrons. The van der Waals surface area contributed by atoms with Crippen LogP contribution in [0.5, 0.6) is 0 Å². The van der Waals surface area contributed by atoms with Crippen molar-refractivity contribution in [1.82, 2.24) is 0 Å². The summed E-state index contributed by atoms with van der Waals surface area (Å²) in [7, 11) is 1.62. The van der Waals surface area contributed by atoms with Crippen molar-refractivity contribution in [2.45, 2.75) is 31.8 Å². The monoisotopic (exact) mass is 172 g/mol. The lowest BCUT2D eigenvalue weighted by Gasteiger charge is -2.27. The SMILES string of the molecule is C=C[C@@H](OC(C)(C)OC)[C@@H]1CO1. The zero-order chi connectivity index (χ0) is 9.19. The summed E-state index contributed by atoms with van der Waals surface area (Å²) in [6.07, 6.45) is 1.87. The Kier molecular flexibility index (Phi) is 2.88. The summed E-state index contributed by atoms with van der Waals surface area (Å²) >= 11 is 0. The first-order valence-electron chi connectivity index (χ1n) is 4.06. The number of epoxide rings is 1. The Balaban J connectivity index is 2.40. The molecular weight excluding hydrogens is 156 g/mol. The highest BCUT2D eigenvalue weighted by atomic mass is 16.7. The molecule has 0 spiro atoms. The Bertz CT molecular complexity index is 161. The van der Waals surface area contributed by atoms with Crippen LogP contribution in [0.25, 0.3) is 0 Å². The molecular formula is C9H16O3. The van der Waals surface area contributed by atoms with Gasteiger partial charge in [-0.3, -0.25) is 0 Å². The maximum absolute atomic E-state index is 5.59. The lowest BCUT2D eigenvalue weighted by molar-refractivity contribution is -0.216. The lowest BCUT2D eigenvalue weighted by atomic mass is 10.2. The summed E-state index contributed by atoms with van der Waals surface area (Å²) in [5.41, 5.74) is 0. The van der Waals surface area contributed by atoms with Crippen molar-refractivity contribution in [3.05, 3.63) is 12.7 Å². The van der Waals surface area contributed by atoms with Crippen molar-refractivity contribution in [2.75, 3.05) is 13.7 Å². The van der Waals surface area contributed by atoms with Crippen LogP contribution in [0.2, 0.25) is 0 Å². The second-order valence-corrected chi connectivity index (χ2v) is 3.29. The van der Waals surface area contributed by atoms with Gasteiger partial charge in [0.15, 0.2) is 5.79 Å². The van der Waals surface area contributed by atoms with E-state index in [4.69, 9.17) is 14.2 Å². The summed E-state index contributed by atoms with van der Waals surface area (Å²) in [5.74, 6) is -0.565. The van der Waals surface area contributed by atoms with Gasteiger partial charge < -0.3 is 14.2 Å². The van der Waals surface area contributed by atoms with Gasteiger partial charge in [-0.2, -0.15) is 0 Å². The zero-order valence-electron chi connectivity index (χ0n) is 7.87. The molecule has 1 rings (SSSR count). The molecule has 1 heterocycles. The van der Waals surface area contributed by atoms with E-state index >= 15 is 0 Å². The molecule has 0 bridgehead atoms. The molecule has 12 heavy (non-hydrogen) atoms. The van der Waals surface area contributed by atoms with E-state index in [2.05, 4.69) is 6.58 Å². The number of hydrogen-bond donors (Lipinski definition) is 0. The van der Waals surface area contributed by atoms with Crippen LogP contribution in [0.1, 0.15) is 13.8 Å². The van der Waals surface area contributed by atoms with Crippen molar-refractivity contribution in [3.8, 4) is 0 Å². The van der Waals surface area contributed by atoms with Gasteiger partial charge in [0.2, 0.25) is 0 Å². The van der Waals surface area contributed by atoms with E-state index in [1.54, 1.807) is 13.2 Å². The molecule has 0 N–H and O–H groups in total. The summed E-state index contributed by atoms with van der Waals surface area (Å²) in [5, 5.41) is 0. The molecule has 1 saturated heterocycles. The van der Waals surface area contributed by atoms with Crippen LogP contribution in [-0.2, 0) is 14.2 Å². The minimum Gasteiger partial charge on any atom is -0.370 e. The quantitative estimate of drug-likeness (QED) is 0.356. The molecule has 3 heteroatoms. The van der Waals surface area contributed by atoms with Crippen LogP contribution in [-0.4, -0.2) is 31.7 Å². The molecule has 70 valence electrons. The van der Waals surface area contributed by atoms with Gasteiger partial charge in [-0.1, -0.05) is 6.08 Å². The number of hydrogen-bond acceptors (Lipinski definition) is 3. The summed E-state index contributed by atoms with van der Waals surface area (Å²) < 4.78 is 15.8. The van der Waals surface area contributed by atoms with Crippen molar-refractivity contribution in [1.29, 1.82) is 0 Å². The first-order valence-corrected chi connectivity index (χ1v) is 4.06. The highest BCUT2D eigenvalue weighted by Gasteiger charge is 2.35. The van der Waals surface area contributed by atoms with E-state index in [9.17, 15) is 0 Å². The van der Waals surface area contributed by atoms with Crippen molar-refractivity contribution < 1.29 is 14.2 Å². The second-order valence-electron chi connectivity index (χ2n) is 3.29. The van der Waals surface area contributed by atoms with E-state index in [0.717, 1.165) is 6.61 Å². The molecule has 0 unspecified atom stereocenters. The maximum Gasteiger partial charge on any atom is 0.163 e. The van der Waals surface area contributed by atoms with Gasteiger partial charge in [-0.05, 0) is 13.8 Å². The summed E-state index contributed by atoms with van der Waals surface area (Å²) in [6, 6.07) is 0. The van der Waals surface area contributed by atoms with Crippen LogP contribution in [0.3, 0.4) is 0 Å². The van der Waals surface area contributed by atoms with Crippen LogP contribution in [0.4, 0.5) is 0 Å². The largest absolute Gasteiger partial charge is 0.370 e. The third-order valence-corrected chi connectivity index (χ3v) is 1.87. The average molecular weight is 172 g/mol. The number of methoxy groups -OCH3 is 1. The van der Waals surface area contributed by atoms with Crippen LogP contribution >= 0.6 is 0 Å².